The second kappa shape index (κ2) is 6.70. The number of hydrogen-bond acceptors (Lipinski definition) is 3. The highest BCUT2D eigenvalue weighted by Gasteiger charge is 2.28. The molecule has 0 fully saturated rings. The smallest absolute Gasteiger partial charge is 0.240 e. The third-order valence-corrected chi connectivity index (χ3v) is 3.31. The van der Waals surface area contributed by atoms with Crippen LogP contribution in [0.3, 0.4) is 0 Å². The van der Waals surface area contributed by atoms with Gasteiger partial charge in [-0.2, -0.15) is 0 Å². The summed E-state index contributed by atoms with van der Waals surface area (Å²) in [5.74, 6) is -0.500. The lowest BCUT2D eigenvalue weighted by Gasteiger charge is -2.25. The van der Waals surface area contributed by atoms with Crippen molar-refractivity contribution in [2.45, 2.75) is 45.2 Å². The number of carbonyl (C=O) groups excluding carboxylic acids is 1. The zero-order valence-corrected chi connectivity index (χ0v) is 12.5. The van der Waals surface area contributed by atoms with E-state index in [2.05, 4.69) is 5.32 Å². The quantitative estimate of drug-likeness (QED) is 0.842. The fraction of sp³-hybridized carbons (Fsp3) is 0.533. The lowest BCUT2D eigenvalue weighted by Crippen LogP contribution is -2.52. The topological polar surface area (TPSA) is 64.4 Å². The van der Waals surface area contributed by atoms with Gasteiger partial charge in [-0.3, -0.25) is 4.79 Å². The standard InChI is InChI=1S/C15H23FN2O2/c1-5-8-15(3,17)14(19)18-10(2)11-6-7-13(20-4)12(16)9-11/h6-7,9-10H,5,8,17H2,1-4H3,(H,18,19). The number of nitrogens with one attached hydrogen (secondary N) is 1. The van der Waals surface area contributed by atoms with Crippen molar-refractivity contribution >= 4 is 5.91 Å². The van der Waals surface area contributed by atoms with Crippen molar-refractivity contribution in [3.05, 3.63) is 29.6 Å². The minimum atomic E-state index is -0.909. The number of ether oxygens (including phenoxy) is 1. The minimum Gasteiger partial charge on any atom is -0.494 e. The number of benzene rings is 1. The molecule has 0 spiro atoms. The first-order chi connectivity index (χ1) is 9.31. The molecule has 3 N–H and O–H groups in total. The predicted octanol–water partition coefficient (Wildman–Crippen LogP) is 2.53. The van der Waals surface area contributed by atoms with Gasteiger partial charge in [-0.05, 0) is 38.0 Å². The first kappa shape index (κ1) is 16.4. The van der Waals surface area contributed by atoms with E-state index in [1.54, 1.807) is 26.0 Å². The summed E-state index contributed by atoms with van der Waals surface area (Å²) in [7, 11) is 1.41. The number of halogens is 1. The Morgan fingerprint density at radius 3 is 2.70 bits per heavy atom. The Bertz CT molecular complexity index is 475. The van der Waals surface area contributed by atoms with Gasteiger partial charge in [-0.1, -0.05) is 19.4 Å². The molecule has 20 heavy (non-hydrogen) atoms. The Labute approximate surface area is 119 Å². The van der Waals surface area contributed by atoms with Gasteiger partial charge in [0.05, 0.1) is 18.7 Å². The van der Waals surface area contributed by atoms with E-state index in [4.69, 9.17) is 10.5 Å². The third kappa shape index (κ3) is 3.93. The van der Waals surface area contributed by atoms with Crippen LogP contribution in [0.15, 0.2) is 18.2 Å². The highest BCUT2D eigenvalue weighted by molar-refractivity contribution is 5.85. The molecule has 2 unspecified atom stereocenters. The van der Waals surface area contributed by atoms with E-state index in [9.17, 15) is 9.18 Å². The highest BCUT2D eigenvalue weighted by Crippen LogP contribution is 2.22. The van der Waals surface area contributed by atoms with Gasteiger partial charge >= 0.3 is 0 Å². The van der Waals surface area contributed by atoms with Crippen molar-refractivity contribution in [1.82, 2.24) is 5.32 Å². The fourth-order valence-electron chi connectivity index (χ4n) is 2.03. The normalized spacial score (nSPS) is 15.3. The van der Waals surface area contributed by atoms with Crippen molar-refractivity contribution in [3.63, 3.8) is 0 Å². The lowest BCUT2D eigenvalue weighted by molar-refractivity contribution is -0.126. The molecule has 0 radical (unpaired) electrons. The summed E-state index contributed by atoms with van der Waals surface area (Å²) < 4.78 is 18.5. The molecule has 0 saturated heterocycles. The molecule has 0 aliphatic rings. The molecular weight excluding hydrogens is 259 g/mol. The largest absolute Gasteiger partial charge is 0.494 e. The Kier molecular flexibility index (Phi) is 5.51. The van der Waals surface area contributed by atoms with E-state index in [1.807, 2.05) is 6.92 Å². The van der Waals surface area contributed by atoms with Crippen molar-refractivity contribution in [3.8, 4) is 5.75 Å². The molecule has 0 saturated carbocycles. The van der Waals surface area contributed by atoms with Crippen LogP contribution in [0, 0.1) is 5.82 Å². The number of rotatable bonds is 6. The van der Waals surface area contributed by atoms with Gasteiger partial charge < -0.3 is 15.8 Å². The van der Waals surface area contributed by atoms with E-state index < -0.39 is 11.4 Å². The summed E-state index contributed by atoms with van der Waals surface area (Å²) in [6, 6.07) is 4.31. The van der Waals surface area contributed by atoms with Gasteiger partial charge in [0.25, 0.3) is 0 Å². The van der Waals surface area contributed by atoms with E-state index in [-0.39, 0.29) is 17.7 Å². The second-order valence-electron chi connectivity index (χ2n) is 5.26. The van der Waals surface area contributed by atoms with E-state index >= 15 is 0 Å². The maximum atomic E-state index is 13.6. The molecule has 1 rings (SSSR count). The van der Waals surface area contributed by atoms with Crippen molar-refractivity contribution in [2.24, 2.45) is 5.73 Å². The molecule has 1 aromatic rings. The molecule has 2 atom stereocenters. The monoisotopic (exact) mass is 282 g/mol. The highest BCUT2D eigenvalue weighted by atomic mass is 19.1. The van der Waals surface area contributed by atoms with E-state index in [0.717, 1.165) is 6.42 Å². The van der Waals surface area contributed by atoms with Crippen LogP contribution >= 0.6 is 0 Å². The summed E-state index contributed by atoms with van der Waals surface area (Å²) in [5, 5.41) is 2.81. The lowest BCUT2D eigenvalue weighted by atomic mass is 9.95. The van der Waals surface area contributed by atoms with Gasteiger partial charge in [0.15, 0.2) is 11.6 Å². The van der Waals surface area contributed by atoms with Crippen LogP contribution in [0.2, 0.25) is 0 Å². The predicted molar refractivity (Wildman–Crippen MR) is 77.0 cm³/mol. The molecule has 1 aromatic carbocycles. The van der Waals surface area contributed by atoms with Crippen LogP contribution in [-0.4, -0.2) is 18.6 Å². The summed E-state index contributed by atoms with van der Waals surface area (Å²) in [4.78, 5) is 12.1. The maximum Gasteiger partial charge on any atom is 0.240 e. The summed E-state index contributed by atoms with van der Waals surface area (Å²) in [6.45, 7) is 5.47. The number of nitrogens with two attached hydrogens (primary N) is 1. The average Bonchev–Trinajstić information content (AvgIpc) is 2.38. The van der Waals surface area contributed by atoms with Crippen LogP contribution in [0.5, 0.6) is 5.75 Å². The molecule has 0 aliphatic carbocycles. The average molecular weight is 282 g/mol. The Hall–Kier alpha value is -1.62. The van der Waals surface area contributed by atoms with Gasteiger partial charge in [-0.25, -0.2) is 4.39 Å². The molecule has 0 aromatic heterocycles. The molecule has 1 amide bonds. The molecule has 0 aliphatic heterocycles. The molecule has 0 heterocycles. The number of hydrogen-bond donors (Lipinski definition) is 2. The van der Waals surface area contributed by atoms with Crippen molar-refractivity contribution in [1.29, 1.82) is 0 Å². The summed E-state index contributed by atoms with van der Waals surface area (Å²) >= 11 is 0. The van der Waals surface area contributed by atoms with Crippen molar-refractivity contribution < 1.29 is 13.9 Å². The van der Waals surface area contributed by atoms with Crippen LogP contribution in [0.25, 0.3) is 0 Å². The maximum absolute atomic E-state index is 13.6. The second-order valence-corrected chi connectivity index (χ2v) is 5.26. The minimum absolute atomic E-state index is 0.182. The zero-order valence-electron chi connectivity index (χ0n) is 12.5. The number of carbonyl (C=O) groups is 1. The van der Waals surface area contributed by atoms with Crippen LogP contribution in [0.1, 0.15) is 45.2 Å². The van der Waals surface area contributed by atoms with Gasteiger partial charge in [0.2, 0.25) is 5.91 Å². The first-order valence-corrected chi connectivity index (χ1v) is 6.75. The van der Waals surface area contributed by atoms with Gasteiger partial charge in [-0.15, -0.1) is 0 Å². The molecule has 5 heteroatoms. The SMILES string of the molecule is CCCC(C)(N)C(=O)NC(C)c1ccc(OC)c(F)c1. The summed E-state index contributed by atoms with van der Waals surface area (Å²) in [5.41, 5.74) is 5.73. The number of amides is 1. The third-order valence-electron chi connectivity index (χ3n) is 3.31. The molecular formula is C15H23FN2O2. The van der Waals surface area contributed by atoms with Crippen LogP contribution in [0.4, 0.5) is 4.39 Å². The van der Waals surface area contributed by atoms with E-state index in [0.29, 0.717) is 12.0 Å². The molecule has 4 nitrogen and oxygen atoms in total. The Morgan fingerprint density at radius 2 is 2.20 bits per heavy atom. The summed E-state index contributed by atoms with van der Waals surface area (Å²) in [6.07, 6.45) is 1.43. The Morgan fingerprint density at radius 1 is 1.55 bits per heavy atom. The first-order valence-electron chi connectivity index (χ1n) is 6.75. The zero-order chi connectivity index (χ0) is 15.3. The number of methoxy groups -OCH3 is 1. The fourth-order valence-corrected chi connectivity index (χ4v) is 2.03. The molecule has 112 valence electrons. The van der Waals surface area contributed by atoms with Crippen molar-refractivity contribution in [2.75, 3.05) is 7.11 Å². The van der Waals surface area contributed by atoms with Gasteiger partial charge in [0, 0.05) is 0 Å². The Balaban J connectivity index is 2.78. The van der Waals surface area contributed by atoms with E-state index in [1.165, 1.54) is 13.2 Å². The van der Waals surface area contributed by atoms with Crippen LogP contribution in [-0.2, 0) is 4.79 Å². The molecule has 0 bridgehead atoms. The van der Waals surface area contributed by atoms with Crippen LogP contribution < -0.4 is 15.8 Å². The van der Waals surface area contributed by atoms with Gasteiger partial charge in [0.1, 0.15) is 0 Å².